The van der Waals surface area contributed by atoms with Gasteiger partial charge in [0.2, 0.25) is 0 Å². The molecule has 1 rings (SSSR count). The molecule has 2 N–H and O–H groups in total. The Balaban J connectivity index is 2.53. The summed E-state index contributed by atoms with van der Waals surface area (Å²) in [7, 11) is 0. The largest absolute Gasteiger partial charge is 0.480 e. The Morgan fingerprint density at radius 1 is 1.50 bits per heavy atom. The van der Waals surface area contributed by atoms with Crippen LogP contribution in [0.3, 0.4) is 0 Å². The summed E-state index contributed by atoms with van der Waals surface area (Å²) in [5, 5.41) is 12.1. The standard InChI is InChI=1S/C9H17NO2/c1-9(2,3)7(8(11)12)10-6-4-5-6/h6-7,10H,4-5H2,1-3H3,(H,11,12). The maximum Gasteiger partial charge on any atom is 0.321 e. The zero-order valence-electron chi connectivity index (χ0n) is 7.92. The van der Waals surface area contributed by atoms with Gasteiger partial charge in [-0.25, -0.2) is 0 Å². The third-order valence-corrected chi connectivity index (χ3v) is 2.09. The highest BCUT2D eigenvalue weighted by Gasteiger charge is 2.35. The number of aliphatic carboxylic acids is 1. The van der Waals surface area contributed by atoms with Crippen molar-refractivity contribution in [2.24, 2.45) is 5.41 Å². The molecule has 0 amide bonds. The van der Waals surface area contributed by atoms with Crippen LogP contribution < -0.4 is 5.32 Å². The summed E-state index contributed by atoms with van der Waals surface area (Å²) in [4.78, 5) is 10.8. The van der Waals surface area contributed by atoms with Gasteiger partial charge in [0.25, 0.3) is 0 Å². The predicted molar refractivity (Wildman–Crippen MR) is 47.0 cm³/mol. The van der Waals surface area contributed by atoms with Crippen LogP contribution in [0.2, 0.25) is 0 Å². The zero-order valence-corrected chi connectivity index (χ0v) is 7.92. The number of carboxylic acids is 1. The van der Waals surface area contributed by atoms with Gasteiger partial charge in [-0.2, -0.15) is 0 Å². The minimum absolute atomic E-state index is 0.200. The summed E-state index contributed by atoms with van der Waals surface area (Å²) in [6.45, 7) is 5.84. The van der Waals surface area contributed by atoms with Crippen LogP contribution in [0.1, 0.15) is 33.6 Å². The molecular weight excluding hydrogens is 154 g/mol. The fourth-order valence-electron chi connectivity index (χ4n) is 1.18. The molecule has 0 aromatic heterocycles. The second-order valence-corrected chi connectivity index (χ2v) is 4.58. The van der Waals surface area contributed by atoms with E-state index >= 15 is 0 Å². The first kappa shape index (κ1) is 9.52. The SMILES string of the molecule is CC(C)(C)C(NC1CC1)C(=O)O. The molecule has 0 bridgehead atoms. The molecular formula is C9H17NO2. The number of nitrogens with one attached hydrogen (secondary N) is 1. The minimum atomic E-state index is -0.741. The average molecular weight is 171 g/mol. The Morgan fingerprint density at radius 2 is 2.00 bits per heavy atom. The molecule has 0 radical (unpaired) electrons. The van der Waals surface area contributed by atoms with Gasteiger partial charge in [0.15, 0.2) is 0 Å². The van der Waals surface area contributed by atoms with Gasteiger partial charge in [-0.05, 0) is 18.3 Å². The van der Waals surface area contributed by atoms with Crippen LogP contribution in [-0.2, 0) is 4.79 Å². The van der Waals surface area contributed by atoms with Crippen LogP contribution >= 0.6 is 0 Å². The van der Waals surface area contributed by atoms with Crippen molar-refractivity contribution in [1.29, 1.82) is 0 Å². The number of rotatable bonds is 3. The lowest BCUT2D eigenvalue weighted by Gasteiger charge is -2.27. The molecule has 0 spiro atoms. The molecule has 1 saturated carbocycles. The van der Waals surface area contributed by atoms with Crippen LogP contribution in [0.5, 0.6) is 0 Å². The monoisotopic (exact) mass is 171 g/mol. The normalized spacial score (nSPS) is 20.6. The van der Waals surface area contributed by atoms with Gasteiger partial charge in [0.05, 0.1) is 0 Å². The van der Waals surface area contributed by atoms with E-state index in [2.05, 4.69) is 5.32 Å². The molecule has 12 heavy (non-hydrogen) atoms. The predicted octanol–water partition coefficient (Wildman–Crippen LogP) is 1.24. The first-order valence-corrected chi connectivity index (χ1v) is 4.40. The maximum atomic E-state index is 10.8. The Bertz CT molecular complexity index is 179. The van der Waals surface area contributed by atoms with E-state index in [9.17, 15) is 4.79 Å². The lowest BCUT2D eigenvalue weighted by atomic mass is 9.87. The summed E-state index contributed by atoms with van der Waals surface area (Å²) in [6.07, 6.45) is 2.25. The summed E-state index contributed by atoms with van der Waals surface area (Å²) < 4.78 is 0. The van der Waals surface area contributed by atoms with Crippen LogP contribution in [0, 0.1) is 5.41 Å². The van der Waals surface area contributed by atoms with Crippen molar-refractivity contribution in [3.05, 3.63) is 0 Å². The third kappa shape index (κ3) is 2.48. The van der Waals surface area contributed by atoms with Crippen molar-refractivity contribution in [2.75, 3.05) is 0 Å². The van der Waals surface area contributed by atoms with Gasteiger partial charge in [-0.15, -0.1) is 0 Å². The lowest BCUT2D eigenvalue weighted by molar-refractivity contribution is -0.142. The summed E-state index contributed by atoms with van der Waals surface area (Å²) in [5.41, 5.74) is -0.200. The lowest BCUT2D eigenvalue weighted by Crippen LogP contribution is -2.47. The molecule has 70 valence electrons. The minimum Gasteiger partial charge on any atom is -0.480 e. The van der Waals surface area contributed by atoms with Crippen LogP contribution in [0.15, 0.2) is 0 Å². The van der Waals surface area contributed by atoms with Gasteiger partial charge < -0.3 is 10.4 Å². The highest BCUT2D eigenvalue weighted by molar-refractivity contribution is 5.74. The molecule has 1 atom stereocenters. The zero-order chi connectivity index (χ0) is 9.35. The second kappa shape index (κ2) is 3.05. The molecule has 1 fully saturated rings. The Kier molecular flexibility index (Phi) is 2.42. The van der Waals surface area contributed by atoms with E-state index in [1.807, 2.05) is 20.8 Å². The summed E-state index contributed by atoms with van der Waals surface area (Å²) in [5.74, 6) is -0.741. The first-order valence-electron chi connectivity index (χ1n) is 4.40. The fourth-order valence-corrected chi connectivity index (χ4v) is 1.18. The van der Waals surface area contributed by atoms with Gasteiger partial charge in [-0.3, -0.25) is 4.79 Å². The van der Waals surface area contributed by atoms with E-state index in [1.165, 1.54) is 0 Å². The van der Waals surface area contributed by atoms with E-state index in [0.29, 0.717) is 6.04 Å². The highest BCUT2D eigenvalue weighted by atomic mass is 16.4. The van der Waals surface area contributed by atoms with E-state index in [1.54, 1.807) is 0 Å². The molecule has 0 aliphatic heterocycles. The van der Waals surface area contributed by atoms with E-state index in [-0.39, 0.29) is 5.41 Å². The van der Waals surface area contributed by atoms with Crippen molar-refractivity contribution in [2.45, 2.75) is 45.7 Å². The molecule has 1 unspecified atom stereocenters. The van der Waals surface area contributed by atoms with Gasteiger partial charge in [-0.1, -0.05) is 20.8 Å². The third-order valence-electron chi connectivity index (χ3n) is 2.09. The molecule has 1 aliphatic rings. The van der Waals surface area contributed by atoms with Crippen LogP contribution in [0.4, 0.5) is 0 Å². The average Bonchev–Trinajstić information content (AvgIpc) is 2.61. The van der Waals surface area contributed by atoms with E-state index < -0.39 is 12.0 Å². The van der Waals surface area contributed by atoms with Crippen LogP contribution in [0.25, 0.3) is 0 Å². The highest BCUT2D eigenvalue weighted by Crippen LogP contribution is 2.25. The smallest absolute Gasteiger partial charge is 0.321 e. The fraction of sp³-hybridized carbons (Fsp3) is 0.889. The van der Waals surface area contributed by atoms with Crippen molar-refractivity contribution in [3.63, 3.8) is 0 Å². The maximum absolute atomic E-state index is 10.8. The van der Waals surface area contributed by atoms with Gasteiger partial charge in [0, 0.05) is 6.04 Å². The molecule has 1 aliphatic carbocycles. The number of carboxylic acid groups (broad SMARTS) is 1. The molecule has 0 saturated heterocycles. The van der Waals surface area contributed by atoms with Crippen molar-refractivity contribution < 1.29 is 9.90 Å². The molecule has 3 heteroatoms. The van der Waals surface area contributed by atoms with Gasteiger partial charge in [0.1, 0.15) is 6.04 Å². The number of hydrogen-bond donors (Lipinski definition) is 2. The van der Waals surface area contributed by atoms with Crippen molar-refractivity contribution in [1.82, 2.24) is 5.32 Å². The quantitative estimate of drug-likeness (QED) is 0.671. The van der Waals surface area contributed by atoms with Crippen molar-refractivity contribution in [3.8, 4) is 0 Å². The van der Waals surface area contributed by atoms with Crippen molar-refractivity contribution >= 4 is 5.97 Å². The molecule has 0 aromatic carbocycles. The molecule has 0 aromatic rings. The van der Waals surface area contributed by atoms with Gasteiger partial charge >= 0.3 is 5.97 Å². The first-order chi connectivity index (χ1) is 5.41. The second-order valence-electron chi connectivity index (χ2n) is 4.58. The summed E-state index contributed by atoms with van der Waals surface area (Å²) in [6, 6.07) is 0.0373. The topological polar surface area (TPSA) is 49.3 Å². The Morgan fingerprint density at radius 3 is 2.25 bits per heavy atom. The molecule has 3 nitrogen and oxygen atoms in total. The number of hydrogen-bond acceptors (Lipinski definition) is 2. The number of carbonyl (C=O) groups is 1. The van der Waals surface area contributed by atoms with E-state index in [4.69, 9.17) is 5.11 Å². The van der Waals surface area contributed by atoms with E-state index in [0.717, 1.165) is 12.8 Å². The summed E-state index contributed by atoms with van der Waals surface area (Å²) >= 11 is 0. The van der Waals surface area contributed by atoms with Crippen LogP contribution in [-0.4, -0.2) is 23.2 Å². The Hall–Kier alpha value is -0.570. The Labute approximate surface area is 73.2 Å². The molecule has 0 heterocycles.